The highest BCUT2D eigenvalue weighted by atomic mass is 35.5. The van der Waals surface area contributed by atoms with E-state index < -0.39 is 11.9 Å². The first-order valence-corrected chi connectivity index (χ1v) is 8.00. The first-order chi connectivity index (χ1) is 11.9. The highest BCUT2D eigenvalue weighted by molar-refractivity contribution is 6.43. The Bertz CT molecular complexity index is 791. The summed E-state index contributed by atoms with van der Waals surface area (Å²) in [7, 11) is 0. The minimum atomic E-state index is -0.518. The number of hydrogen-bond acceptors (Lipinski definition) is 4. The van der Waals surface area contributed by atoms with Gasteiger partial charge in [-0.15, -0.1) is 6.58 Å². The highest BCUT2D eigenvalue weighted by Crippen LogP contribution is 2.29. The van der Waals surface area contributed by atoms with E-state index in [-0.39, 0.29) is 23.9 Å². The zero-order chi connectivity index (χ0) is 18.4. The monoisotopic (exact) mass is 382 g/mol. The molecule has 25 heavy (non-hydrogen) atoms. The number of carbonyl (C=O) groups is 2. The van der Waals surface area contributed by atoms with Crippen LogP contribution in [-0.4, -0.2) is 35.1 Å². The molecule has 0 saturated heterocycles. The maximum absolute atomic E-state index is 12.4. The van der Waals surface area contributed by atoms with E-state index in [1.807, 2.05) is 0 Å². The number of hydrogen-bond donors (Lipinski definition) is 2. The lowest BCUT2D eigenvalue weighted by Gasteiger charge is -2.21. The average Bonchev–Trinajstić information content (AvgIpc) is 2.96. The summed E-state index contributed by atoms with van der Waals surface area (Å²) < 4.78 is 4.87. The van der Waals surface area contributed by atoms with Crippen LogP contribution in [0.5, 0.6) is 0 Å². The van der Waals surface area contributed by atoms with Crippen LogP contribution in [0.3, 0.4) is 0 Å². The van der Waals surface area contributed by atoms with Crippen LogP contribution in [-0.2, 0) is 4.79 Å². The molecule has 2 rings (SSSR count). The van der Waals surface area contributed by atoms with Crippen LogP contribution in [0.1, 0.15) is 5.76 Å². The Hall–Kier alpha value is -2.51. The number of aromatic nitrogens is 1. The smallest absolute Gasteiger partial charge is 0.322 e. The van der Waals surface area contributed by atoms with Gasteiger partial charge in [0.25, 0.3) is 0 Å². The molecule has 1 aromatic carbocycles. The van der Waals surface area contributed by atoms with Gasteiger partial charge in [0.2, 0.25) is 5.91 Å². The van der Waals surface area contributed by atoms with Crippen molar-refractivity contribution in [3.63, 3.8) is 0 Å². The lowest BCUT2D eigenvalue weighted by atomic mass is 10.3. The first-order valence-electron chi connectivity index (χ1n) is 7.24. The largest absolute Gasteiger partial charge is 0.360 e. The summed E-state index contributed by atoms with van der Waals surface area (Å²) in [6.45, 7) is 5.25. The van der Waals surface area contributed by atoms with Crippen LogP contribution in [0.15, 0.2) is 41.4 Å². The van der Waals surface area contributed by atoms with Gasteiger partial charge in [-0.3, -0.25) is 4.79 Å². The lowest BCUT2D eigenvalue weighted by molar-refractivity contribution is -0.116. The van der Waals surface area contributed by atoms with Gasteiger partial charge in [-0.1, -0.05) is 40.5 Å². The van der Waals surface area contributed by atoms with E-state index in [1.165, 1.54) is 11.0 Å². The molecular weight excluding hydrogens is 367 g/mol. The van der Waals surface area contributed by atoms with Gasteiger partial charge in [0, 0.05) is 12.6 Å². The van der Waals surface area contributed by atoms with Crippen molar-refractivity contribution in [3.05, 3.63) is 52.7 Å². The van der Waals surface area contributed by atoms with E-state index in [2.05, 4.69) is 22.4 Å². The van der Waals surface area contributed by atoms with Crippen molar-refractivity contribution in [2.75, 3.05) is 23.7 Å². The van der Waals surface area contributed by atoms with Crippen LogP contribution >= 0.6 is 23.2 Å². The first kappa shape index (κ1) is 18.8. The van der Waals surface area contributed by atoms with E-state index in [4.69, 9.17) is 27.7 Å². The third-order valence-corrected chi connectivity index (χ3v) is 3.88. The van der Waals surface area contributed by atoms with Gasteiger partial charge in [-0.25, -0.2) is 4.79 Å². The topological polar surface area (TPSA) is 87.5 Å². The average molecular weight is 383 g/mol. The van der Waals surface area contributed by atoms with Gasteiger partial charge in [-0.2, -0.15) is 0 Å². The van der Waals surface area contributed by atoms with E-state index in [0.29, 0.717) is 16.5 Å². The molecule has 9 heteroatoms. The molecular formula is C16H16Cl2N4O3. The molecule has 7 nitrogen and oxygen atoms in total. The molecule has 1 aromatic heterocycles. The number of amides is 3. The van der Waals surface area contributed by atoms with E-state index in [0.717, 1.165) is 0 Å². The van der Waals surface area contributed by atoms with Crippen LogP contribution in [0, 0.1) is 6.92 Å². The third-order valence-electron chi connectivity index (χ3n) is 3.06. The number of rotatable bonds is 6. The second-order valence-electron chi connectivity index (χ2n) is 5.07. The molecule has 0 aliphatic carbocycles. The number of nitrogens with zero attached hydrogens (tertiary/aromatic N) is 2. The number of nitrogens with one attached hydrogen (secondary N) is 2. The number of anilines is 2. The quantitative estimate of drug-likeness (QED) is 0.740. The second-order valence-corrected chi connectivity index (χ2v) is 5.86. The molecule has 2 N–H and O–H groups in total. The van der Waals surface area contributed by atoms with Crippen molar-refractivity contribution in [3.8, 4) is 0 Å². The van der Waals surface area contributed by atoms with Crippen molar-refractivity contribution in [2.45, 2.75) is 6.92 Å². The Morgan fingerprint density at radius 3 is 2.76 bits per heavy atom. The van der Waals surface area contributed by atoms with Crippen molar-refractivity contribution >= 4 is 46.6 Å². The summed E-state index contributed by atoms with van der Waals surface area (Å²) in [4.78, 5) is 25.8. The molecule has 0 unspecified atom stereocenters. The number of urea groups is 1. The van der Waals surface area contributed by atoms with Gasteiger partial charge in [0.15, 0.2) is 5.82 Å². The highest BCUT2D eigenvalue weighted by Gasteiger charge is 2.18. The maximum Gasteiger partial charge on any atom is 0.322 e. The Morgan fingerprint density at radius 1 is 1.36 bits per heavy atom. The molecule has 0 radical (unpaired) electrons. The van der Waals surface area contributed by atoms with Crippen molar-refractivity contribution < 1.29 is 14.1 Å². The maximum atomic E-state index is 12.4. The molecule has 3 amide bonds. The molecule has 1 heterocycles. The second kappa shape index (κ2) is 8.55. The van der Waals surface area contributed by atoms with Gasteiger partial charge in [0.05, 0.1) is 15.7 Å². The fourth-order valence-electron chi connectivity index (χ4n) is 1.95. The van der Waals surface area contributed by atoms with E-state index >= 15 is 0 Å². The molecule has 0 aliphatic rings. The van der Waals surface area contributed by atoms with Gasteiger partial charge in [-0.05, 0) is 19.1 Å². The Kier molecular flexibility index (Phi) is 6.44. The number of carbonyl (C=O) groups excluding carboxylic acids is 2. The van der Waals surface area contributed by atoms with Crippen LogP contribution in [0.4, 0.5) is 16.3 Å². The summed E-state index contributed by atoms with van der Waals surface area (Å²) in [5.74, 6) is 0.411. The van der Waals surface area contributed by atoms with Gasteiger partial charge in [0.1, 0.15) is 12.3 Å². The Balaban J connectivity index is 2.03. The summed E-state index contributed by atoms with van der Waals surface area (Å²) in [5, 5.41) is 9.36. The van der Waals surface area contributed by atoms with Gasteiger partial charge < -0.3 is 20.1 Å². The Morgan fingerprint density at radius 2 is 2.12 bits per heavy atom. The molecule has 132 valence electrons. The molecule has 0 aliphatic heterocycles. The summed E-state index contributed by atoms with van der Waals surface area (Å²) in [6, 6.07) is 5.92. The SMILES string of the molecule is C=CCN(CC(=O)Nc1cc(C)on1)C(=O)Nc1cccc(Cl)c1Cl. The predicted molar refractivity (Wildman–Crippen MR) is 97.1 cm³/mol. The van der Waals surface area contributed by atoms with E-state index in [9.17, 15) is 9.59 Å². The van der Waals surface area contributed by atoms with Crippen LogP contribution in [0.25, 0.3) is 0 Å². The fourth-order valence-corrected chi connectivity index (χ4v) is 2.30. The van der Waals surface area contributed by atoms with Crippen LogP contribution < -0.4 is 10.6 Å². The molecule has 0 atom stereocenters. The predicted octanol–water partition coefficient (Wildman–Crippen LogP) is 3.95. The fraction of sp³-hybridized carbons (Fsp3) is 0.188. The van der Waals surface area contributed by atoms with Crippen LogP contribution in [0.2, 0.25) is 10.0 Å². The molecule has 0 spiro atoms. The molecule has 0 bridgehead atoms. The summed E-state index contributed by atoms with van der Waals surface area (Å²) in [5.41, 5.74) is 0.348. The minimum Gasteiger partial charge on any atom is -0.360 e. The van der Waals surface area contributed by atoms with Crippen molar-refractivity contribution in [1.29, 1.82) is 0 Å². The standard InChI is InChI=1S/C16H16Cl2N4O3/c1-3-7-22(9-14(23)20-13-8-10(2)25-21-13)16(24)19-12-6-4-5-11(17)15(12)18/h3-6,8H,1,7,9H2,2H3,(H,19,24)(H,20,21,23). The summed E-state index contributed by atoms with van der Waals surface area (Å²) in [6.07, 6.45) is 1.51. The normalized spacial score (nSPS) is 10.2. The Labute approximate surface area is 154 Å². The lowest BCUT2D eigenvalue weighted by Crippen LogP contribution is -2.40. The number of aryl methyl sites for hydroxylation is 1. The van der Waals surface area contributed by atoms with E-state index in [1.54, 1.807) is 31.2 Å². The van der Waals surface area contributed by atoms with Crippen molar-refractivity contribution in [2.24, 2.45) is 0 Å². The number of benzene rings is 1. The number of halogens is 2. The zero-order valence-corrected chi connectivity index (χ0v) is 14.9. The molecule has 0 fully saturated rings. The van der Waals surface area contributed by atoms with Gasteiger partial charge >= 0.3 is 6.03 Å². The molecule has 0 saturated carbocycles. The summed E-state index contributed by atoms with van der Waals surface area (Å²) >= 11 is 12.0. The third kappa shape index (κ3) is 5.23. The minimum absolute atomic E-state index is 0.162. The zero-order valence-electron chi connectivity index (χ0n) is 13.4. The molecule has 2 aromatic rings. The van der Waals surface area contributed by atoms with Crippen molar-refractivity contribution in [1.82, 2.24) is 10.1 Å².